The highest BCUT2D eigenvalue weighted by molar-refractivity contribution is 5.81. The van der Waals surface area contributed by atoms with Crippen LogP contribution in [0.25, 0.3) is 16.8 Å². The van der Waals surface area contributed by atoms with E-state index in [4.69, 9.17) is 0 Å². The molecule has 3 aromatic rings. The number of hydrogen-bond donors (Lipinski definition) is 2. The van der Waals surface area contributed by atoms with Crippen molar-refractivity contribution >= 4 is 11.5 Å². The quantitative estimate of drug-likeness (QED) is 0.560. The predicted octanol–water partition coefficient (Wildman–Crippen LogP) is 4.56. The number of fused-ring (bicyclic) bond motifs is 1. The highest BCUT2D eigenvalue weighted by Crippen LogP contribution is 2.37. The third kappa shape index (κ3) is 4.74. The topological polar surface area (TPSA) is 65.7 Å². The lowest BCUT2D eigenvalue weighted by Crippen LogP contribution is -2.46. The SMILES string of the molecule is Oc1cc(C(F)(F)F)ccc1-c1nnc(N[C@@H]2CCCN(CC(F)(F)F)C2)n2cccc12. The van der Waals surface area contributed by atoms with Crippen LogP contribution in [0.4, 0.5) is 32.3 Å². The molecule has 1 aromatic carbocycles. The van der Waals surface area contributed by atoms with E-state index in [2.05, 4.69) is 15.5 Å². The predicted molar refractivity (Wildman–Crippen MR) is 104 cm³/mol. The third-order valence-corrected chi connectivity index (χ3v) is 5.29. The number of aromatic nitrogens is 3. The van der Waals surface area contributed by atoms with Gasteiger partial charge in [-0.1, -0.05) is 0 Å². The monoisotopic (exact) mass is 459 g/mol. The number of nitrogens with zero attached hydrogens (tertiary/aromatic N) is 4. The molecule has 1 atom stereocenters. The van der Waals surface area contributed by atoms with Crippen LogP contribution in [0.3, 0.4) is 0 Å². The fourth-order valence-electron chi connectivity index (χ4n) is 3.91. The molecule has 0 amide bonds. The number of alkyl halides is 6. The zero-order valence-corrected chi connectivity index (χ0v) is 16.6. The summed E-state index contributed by atoms with van der Waals surface area (Å²) in [5.41, 5.74) is -0.262. The number of phenolic OH excluding ortho intramolecular Hbond substituents is 1. The number of halogens is 6. The first-order chi connectivity index (χ1) is 15.0. The number of piperidine rings is 1. The van der Waals surface area contributed by atoms with Crippen molar-refractivity contribution in [2.75, 3.05) is 25.0 Å². The third-order valence-electron chi connectivity index (χ3n) is 5.29. The minimum Gasteiger partial charge on any atom is -0.507 e. The molecule has 12 heteroatoms. The molecule has 0 radical (unpaired) electrons. The average molecular weight is 459 g/mol. The lowest BCUT2D eigenvalue weighted by molar-refractivity contribution is -0.147. The van der Waals surface area contributed by atoms with Crippen LogP contribution >= 0.6 is 0 Å². The van der Waals surface area contributed by atoms with Gasteiger partial charge >= 0.3 is 12.4 Å². The van der Waals surface area contributed by atoms with Gasteiger partial charge < -0.3 is 10.4 Å². The molecule has 6 nitrogen and oxygen atoms in total. The summed E-state index contributed by atoms with van der Waals surface area (Å²) in [4.78, 5) is 1.33. The number of likely N-dealkylation sites (tertiary alicyclic amines) is 1. The van der Waals surface area contributed by atoms with Crippen LogP contribution in [0.2, 0.25) is 0 Å². The van der Waals surface area contributed by atoms with Crippen molar-refractivity contribution in [3.05, 3.63) is 42.1 Å². The number of phenols is 1. The highest BCUT2D eigenvalue weighted by atomic mass is 19.4. The molecule has 0 unspecified atom stereocenters. The molecule has 32 heavy (non-hydrogen) atoms. The summed E-state index contributed by atoms with van der Waals surface area (Å²) >= 11 is 0. The van der Waals surface area contributed by atoms with Crippen LogP contribution in [0, 0.1) is 0 Å². The number of hydrogen-bond acceptors (Lipinski definition) is 5. The van der Waals surface area contributed by atoms with E-state index >= 15 is 0 Å². The maximum absolute atomic E-state index is 12.9. The molecule has 0 saturated carbocycles. The van der Waals surface area contributed by atoms with E-state index in [-0.39, 0.29) is 23.8 Å². The summed E-state index contributed by atoms with van der Waals surface area (Å²) in [5.74, 6) is -0.299. The van der Waals surface area contributed by atoms with Crippen molar-refractivity contribution in [3.63, 3.8) is 0 Å². The Labute approximate surface area is 178 Å². The Kier molecular flexibility index (Phi) is 5.65. The Hall–Kier alpha value is -3.02. The minimum atomic E-state index is -4.60. The molecule has 0 spiro atoms. The molecule has 2 aromatic heterocycles. The van der Waals surface area contributed by atoms with Gasteiger partial charge in [-0.25, -0.2) is 0 Å². The smallest absolute Gasteiger partial charge is 0.416 e. The number of benzene rings is 1. The summed E-state index contributed by atoms with van der Waals surface area (Å²) < 4.78 is 78.4. The standard InChI is InChI=1S/C20H19F6N5O/c21-19(22,23)11-30-7-1-3-13(10-30)27-18-29-28-17(15-4-2-8-31(15)18)14-6-5-12(9-16(14)32)20(24,25)26/h2,4-6,8-9,13,32H,1,3,7,10-11H2,(H,27,29)/t13-/m1/s1. The summed E-state index contributed by atoms with van der Waals surface area (Å²) in [6.07, 6.45) is -5.98. The van der Waals surface area contributed by atoms with Gasteiger partial charge in [-0.3, -0.25) is 9.30 Å². The van der Waals surface area contributed by atoms with Crippen LogP contribution < -0.4 is 5.32 Å². The van der Waals surface area contributed by atoms with E-state index in [1.54, 1.807) is 22.7 Å². The van der Waals surface area contributed by atoms with Crippen molar-refractivity contribution in [2.45, 2.75) is 31.2 Å². The first kappa shape index (κ1) is 22.2. The molecule has 0 aliphatic carbocycles. The maximum atomic E-state index is 12.9. The van der Waals surface area contributed by atoms with Gasteiger partial charge in [-0.05, 0) is 49.7 Å². The number of rotatable bonds is 4. The molecule has 3 heterocycles. The highest BCUT2D eigenvalue weighted by Gasteiger charge is 2.34. The summed E-state index contributed by atoms with van der Waals surface area (Å²) in [6, 6.07) is 5.64. The zero-order valence-electron chi connectivity index (χ0n) is 16.6. The summed E-state index contributed by atoms with van der Waals surface area (Å²) in [5, 5.41) is 21.5. The van der Waals surface area contributed by atoms with Gasteiger partial charge in [0.1, 0.15) is 11.4 Å². The Morgan fingerprint density at radius 1 is 1.09 bits per heavy atom. The van der Waals surface area contributed by atoms with E-state index < -0.39 is 30.2 Å². The van der Waals surface area contributed by atoms with Crippen molar-refractivity contribution in [1.29, 1.82) is 0 Å². The molecule has 2 N–H and O–H groups in total. The van der Waals surface area contributed by atoms with E-state index in [1.807, 2.05) is 0 Å². The van der Waals surface area contributed by atoms with E-state index in [9.17, 15) is 31.4 Å². The van der Waals surface area contributed by atoms with Gasteiger partial charge in [0.05, 0.1) is 17.6 Å². The van der Waals surface area contributed by atoms with Gasteiger partial charge in [-0.2, -0.15) is 26.3 Å². The Morgan fingerprint density at radius 2 is 1.88 bits per heavy atom. The minimum absolute atomic E-state index is 0.0785. The molecule has 1 aliphatic heterocycles. The van der Waals surface area contributed by atoms with Crippen LogP contribution in [-0.2, 0) is 6.18 Å². The Morgan fingerprint density at radius 3 is 2.56 bits per heavy atom. The van der Waals surface area contributed by atoms with Crippen molar-refractivity contribution in [3.8, 4) is 17.0 Å². The molecule has 172 valence electrons. The maximum Gasteiger partial charge on any atom is 0.416 e. The van der Waals surface area contributed by atoms with Gasteiger partial charge in [0.15, 0.2) is 0 Å². The molecule has 1 aliphatic rings. The number of anilines is 1. The Balaban J connectivity index is 1.60. The molecule has 0 bridgehead atoms. The van der Waals surface area contributed by atoms with Crippen molar-refractivity contribution in [2.24, 2.45) is 0 Å². The average Bonchev–Trinajstić information content (AvgIpc) is 3.17. The fourth-order valence-corrected chi connectivity index (χ4v) is 3.91. The van der Waals surface area contributed by atoms with E-state index in [1.165, 1.54) is 4.90 Å². The second-order valence-electron chi connectivity index (χ2n) is 7.70. The van der Waals surface area contributed by atoms with Crippen molar-refractivity contribution < 1.29 is 31.4 Å². The molecule has 1 saturated heterocycles. The van der Waals surface area contributed by atoms with Gasteiger partial charge in [0.2, 0.25) is 5.95 Å². The van der Waals surface area contributed by atoms with Gasteiger partial charge in [0.25, 0.3) is 0 Å². The van der Waals surface area contributed by atoms with Crippen LogP contribution in [0.5, 0.6) is 5.75 Å². The number of aromatic hydroxyl groups is 1. The second-order valence-corrected chi connectivity index (χ2v) is 7.70. The summed E-state index contributed by atoms with van der Waals surface area (Å²) in [6.45, 7) is -0.443. The molecule has 1 fully saturated rings. The zero-order chi connectivity index (χ0) is 23.1. The summed E-state index contributed by atoms with van der Waals surface area (Å²) in [7, 11) is 0. The normalized spacial score (nSPS) is 18.2. The van der Waals surface area contributed by atoms with Crippen molar-refractivity contribution in [1.82, 2.24) is 19.5 Å². The van der Waals surface area contributed by atoms with Gasteiger partial charge in [-0.15, -0.1) is 10.2 Å². The van der Waals surface area contributed by atoms with Crippen LogP contribution in [-0.4, -0.2) is 56.5 Å². The van der Waals surface area contributed by atoms with Gasteiger partial charge in [0, 0.05) is 24.3 Å². The van der Waals surface area contributed by atoms with Crippen LogP contribution in [0.15, 0.2) is 36.5 Å². The van der Waals surface area contributed by atoms with Crippen LogP contribution in [0.1, 0.15) is 18.4 Å². The first-order valence-corrected chi connectivity index (χ1v) is 9.81. The molecular weight excluding hydrogens is 440 g/mol. The Bertz CT molecular complexity index is 1110. The fraction of sp³-hybridized carbons (Fsp3) is 0.400. The lowest BCUT2D eigenvalue weighted by atomic mass is 10.1. The first-order valence-electron chi connectivity index (χ1n) is 9.81. The lowest BCUT2D eigenvalue weighted by Gasteiger charge is -2.33. The van der Waals surface area contributed by atoms with E-state index in [0.717, 1.165) is 12.1 Å². The molecule has 4 rings (SSSR count). The largest absolute Gasteiger partial charge is 0.507 e. The number of nitrogens with one attached hydrogen (secondary N) is 1. The van der Waals surface area contributed by atoms with E-state index in [0.29, 0.717) is 36.9 Å². The molecular formula is C20H19F6N5O. The second kappa shape index (κ2) is 8.15.